The van der Waals surface area contributed by atoms with Gasteiger partial charge in [0.05, 0.1) is 25.8 Å². The summed E-state index contributed by atoms with van der Waals surface area (Å²) >= 11 is 6.08. The molecular formula is C24H29ClN6O3. The normalized spacial score (nSPS) is 24.5. The number of anilines is 1. The van der Waals surface area contributed by atoms with Crippen LogP contribution in [0.5, 0.6) is 0 Å². The molecule has 2 atom stereocenters. The van der Waals surface area contributed by atoms with Gasteiger partial charge in [-0.2, -0.15) is 0 Å². The molecule has 0 bridgehead atoms. The monoisotopic (exact) mass is 484 g/mol. The summed E-state index contributed by atoms with van der Waals surface area (Å²) in [7, 11) is 0. The Hall–Kier alpha value is -2.75. The number of ether oxygens (including phenoxy) is 1. The van der Waals surface area contributed by atoms with Crippen molar-refractivity contribution in [3.63, 3.8) is 0 Å². The molecular weight excluding hydrogens is 456 g/mol. The van der Waals surface area contributed by atoms with Gasteiger partial charge in [-0.05, 0) is 43.0 Å². The molecule has 3 aliphatic heterocycles. The van der Waals surface area contributed by atoms with Gasteiger partial charge in [0.1, 0.15) is 0 Å². The average molecular weight is 485 g/mol. The molecule has 3 saturated heterocycles. The summed E-state index contributed by atoms with van der Waals surface area (Å²) < 4.78 is 6.18. The van der Waals surface area contributed by atoms with Gasteiger partial charge in [0.15, 0.2) is 0 Å². The Morgan fingerprint density at radius 3 is 2.50 bits per heavy atom. The highest BCUT2D eigenvalue weighted by Gasteiger charge is 2.38. The van der Waals surface area contributed by atoms with Crippen LogP contribution in [0.1, 0.15) is 18.4 Å². The van der Waals surface area contributed by atoms with Crippen LogP contribution in [0.4, 0.5) is 10.7 Å². The van der Waals surface area contributed by atoms with E-state index < -0.39 is 0 Å². The van der Waals surface area contributed by atoms with Gasteiger partial charge < -0.3 is 15.0 Å². The molecule has 10 heteroatoms. The first-order valence-electron chi connectivity index (χ1n) is 11.8. The zero-order valence-electron chi connectivity index (χ0n) is 19.0. The van der Waals surface area contributed by atoms with E-state index in [1.54, 1.807) is 12.4 Å². The molecule has 1 aromatic carbocycles. The van der Waals surface area contributed by atoms with Gasteiger partial charge in [-0.15, -0.1) is 0 Å². The van der Waals surface area contributed by atoms with Crippen LogP contribution in [0.15, 0.2) is 42.7 Å². The van der Waals surface area contributed by atoms with Crippen LogP contribution >= 0.6 is 11.6 Å². The highest BCUT2D eigenvalue weighted by molar-refractivity contribution is 6.30. The Labute approximate surface area is 204 Å². The van der Waals surface area contributed by atoms with E-state index in [2.05, 4.69) is 37.2 Å². The molecule has 0 radical (unpaired) electrons. The number of carbonyl (C=O) groups is 2. The number of carbonyl (C=O) groups excluding carboxylic acids is 2. The summed E-state index contributed by atoms with van der Waals surface area (Å²) in [5.74, 6) is 0.580. The Morgan fingerprint density at radius 2 is 1.82 bits per heavy atom. The molecule has 0 aliphatic carbocycles. The van der Waals surface area contributed by atoms with Gasteiger partial charge in [-0.25, -0.2) is 14.8 Å². The molecule has 3 fully saturated rings. The minimum absolute atomic E-state index is 0.0640. The SMILES string of the molecule is O=C1CNC(=O)N1CC1CN(C2CCN(c3ncccn3)CC2)C(Cc2ccc(Cl)cc2)CO1. The van der Waals surface area contributed by atoms with E-state index in [1.807, 2.05) is 18.2 Å². The van der Waals surface area contributed by atoms with E-state index in [9.17, 15) is 9.59 Å². The van der Waals surface area contributed by atoms with E-state index in [-0.39, 0.29) is 37.2 Å². The third-order valence-corrected chi connectivity index (χ3v) is 7.14. The van der Waals surface area contributed by atoms with Crippen molar-refractivity contribution in [2.75, 3.05) is 44.2 Å². The summed E-state index contributed by atoms with van der Waals surface area (Å²) in [6.07, 6.45) is 6.19. The number of halogens is 1. The van der Waals surface area contributed by atoms with Gasteiger partial charge in [-0.1, -0.05) is 23.7 Å². The van der Waals surface area contributed by atoms with E-state index in [0.29, 0.717) is 19.2 Å². The molecule has 5 rings (SSSR count). The first-order chi connectivity index (χ1) is 16.6. The number of aromatic nitrogens is 2. The average Bonchev–Trinajstić information content (AvgIpc) is 3.19. The molecule has 2 aromatic rings. The van der Waals surface area contributed by atoms with E-state index >= 15 is 0 Å². The number of morpholine rings is 1. The first kappa shape index (κ1) is 23.0. The number of piperidine rings is 1. The van der Waals surface area contributed by atoms with Crippen molar-refractivity contribution in [3.05, 3.63) is 53.3 Å². The summed E-state index contributed by atoms with van der Waals surface area (Å²) in [4.78, 5) is 39.0. The van der Waals surface area contributed by atoms with E-state index in [0.717, 1.165) is 43.3 Å². The number of nitrogens with zero attached hydrogens (tertiary/aromatic N) is 5. The fourth-order valence-corrected chi connectivity index (χ4v) is 5.23. The maximum atomic E-state index is 12.1. The van der Waals surface area contributed by atoms with Crippen LogP contribution in [0.3, 0.4) is 0 Å². The van der Waals surface area contributed by atoms with Crippen LogP contribution < -0.4 is 10.2 Å². The maximum absolute atomic E-state index is 12.1. The Balaban J connectivity index is 1.28. The third-order valence-electron chi connectivity index (χ3n) is 6.88. The second-order valence-corrected chi connectivity index (χ2v) is 9.50. The molecule has 3 amide bonds. The lowest BCUT2D eigenvalue weighted by atomic mass is 9.96. The zero-order valence-corrected chi connectivity index (χ0v) is 19.7. The van der Waals surface area contributed by atoms with Crippen LogP contribution in [-0.4, -0.2) is 89.2 Å². The topological polar surface area (TPSA) is 90.9 Å². The highest BCUT2D eigenvalue weighted by Crippen LogP contribution is 2.27. The number of hydrogen-bond acceptors (Lipinski definition) is 7. The van der Waals surface area contributed by atoms with Gasteiger partial charge in [0, 0.05) is 49.1 Å². The minimum atomic E-state index is -0.334. The number of urea groups is 1. The summed E-state index contributed by atoms with van der Waals surface area (Å²) in [6.45, 7) is 3.36. The van der Waals surface area contributed by atoms with Crippen LogP contribution in [-0.2, 0) is 16.0 Å². The van der Waals surface area contributed by atoms with Crippen molar-refractivity contribution in [1.29, 1.82) is 0 Å². The van der Waals surface area contributed by atoms with Crippen molar-refractivity contribution in [2.45, 2.75) is 37.5 Å². The lowest BCUT2D eigenvalue weighted by Gasteiger charge is -2.47. The molecule has 0 saturated carbocycles. The minimum Gasteiger partial charge on any atom is -0.373 e. The molecule has 3 aliphatic rings. The fraction of sp³-hybridized carbons (Fsp3) is 0.500. The van der Waals surface area contributed by atoms with Crippen molar-refractivity contribution in [3.8, 4) is 0 Å². The van der Waals surface area contributed by atoms with E-state index in [1.165, 1.54) is 10.5 Å². The molecule has 1 N–H and O–H groups in total. The van der Waals surface area contributed by atoms with Gasteiger partial charge in [0.25, 0.3) is 0 Å². The smallest absolute Gasteiger partial charge is 0.324 e. The molecule has 1 aromatic heterocycles. The second kappa shape index (κ2) is 10.2. The van der Waals surface area contributed by atoms with Crippen molar-refractivity contribution >= 4 is 29.5 Å². The Kier molecular flexibility index (Phi) is 6.94. The van der Waals surface area contributed by atoms with Crippen LogP contribution in [0, 0.1) is 0 Å². The number of nitrogens with one attached hydrogen (secondary N) is 1. The molecule has 0 spiro atoms. The second-order valence-electron chi connectivity index (χ2n) is 9.07. The highest BCUT2D eigenvalue weighted by atomic mass is 35.5. The predicted octanol–water partition coefficient (Wildman–Crippen LogP) is 1.96. The number of hydrogen-bond donors (Lipinski definition) is 1. The fourth-order valence-electron chi connectivity index (χ4n) is 5.10. The largest absolute Gasteiger partial charge is 0.373 e. The van der Waals surface area contributed by atoms with Crippen LogP contribution in [0.2, 0.25) is 5.02 Å². The zero-order chi connectivity index (χ0) is 23.5. The number of amides is 3. The lowest BCUT2D eigenvalue weighted by Crippen LogP contribution is -2.59. The number of rotatable bonds is 6. The molecule has 34 heavy (non-hydrogen) atoms. The maximum Gasteiger partial charge on any atom is 0.324 e. The summed E-state index contributed by atoms with van der Waals surface area (Å²) in [5, 5.41) is 3.32. The third kappa shape index (κ3) is 5.16. The number of benzene rings is 1. The van der Waals surface area contributed by atoms with Gasteiger partial charge in [0.2, 0.25) is 11.9 Å². The predicted molar refractivity (Wildman–Crippen MR) is 128 cm³/mol. The molecule has 9 nitrogen and oxygen atoms in total. The van der Waals surface area contributed by atoms with Crippen molar-refractivity contribution in [1.82, 2.24) is 25.1 Å². The molecule has 4 heterocycles. The van der Waals surface area contributed by atoms with Crippen molar-refractivity contribution < 1.29 is 14.3 Å². The quantitative estimate of drug-likeness (QED) is 0.627. The Bertz CT molecular complexity index is 984. The van der Waals surface area contributed by atoms with Crippen LogP contribution in [0.25, 0.3) is 0 Å². The lowest BCUT2D eigenvalue weighted by molar-refractivity contribution is -0.129. The summed E-state index contributed by atoms with van der Waals surface area (Å²) in [5.41, 5.74) is 1.21. The van der Waals surface area contributed by atoms with Gasteiger partial charge in [-0.3, -0.25) is 14.6 Å². The molecule has 2 unspecified atom stereocenters. The summed E-state index contributed by atoms with van der Waals surface area (Å²) in [6, 6.07) is 10.1. The first-order valence-corrected chi connectivity index (χ1v) is 12.2. The number of imide groups is 1. The van der Waals surface area contributed by atoms with E-state index in [4.69, 9.17) is 16.3 Å². The van der Waals surface area contributed by atoms with Gasteiger partial charge >= 0.3 is 6.03 Å². The van der Waals surface area contributed by atoms with Crippen molar-refractivity contribution in [2.24, 2.45) is 0 Å². The molecule has 180 valence electrons. The Morgan fingerprint density at radius 1 is 1.09 bits per heavy atom. The standard InChI is InChI=1S/C24H29ClN6O3/c25-18-4-2-17(3-5-18)12-20-16-34-21(15-31-22(32)13-28-24(31)33)14-30(20)19-6-10-29(11-7-19)23-26-8-1-9-27-23/h1-5,8-9,19-21H,6-7,10-16H2,(H,28,33).